The van der Waals surface area contributed by atoms with E-state index in [4.69, 9.17) is 0 Å². The Kier molecular flexibility index (Phi) is 5.88. The summed E-state index contributed by atoms with van der Waals surface area (Å²) in [5, 5.41) is 14.4. The Bertz CT molecular complexity index is 1200. The number of halogens is 1. The topological polar surface area (TPSA) is 78.7 Å². The molecule has 2 unspecified atom stereocenters. The molecule has 34 heavy (non-hydrogen) atoms. The minimum absolute atomic E-state index is 0.0330. The number of nitro benzene ring substituents is 1. The summed E-state index contributed by atoms with van der Waals surface area (Å²) in [5.41, 5.74) is 3.72. The second-order valence-corrected chi connectivity index (χ2v) is 8.77. The zero-order chi connectivity index (χ0) is 23.7. The molecule has 174 valence electrons. The van der Waals surface area contributed by atoms with Gasteiger partial charge in [0, 0.05) is 49.7 Å². The van der Waals surface area contributed by atoms with Gasteiger partial charge in [0.2, 0.25) is 5.91 Å². The van der Waals surface area contributed by atoms with E-state index in [1.807, 2.05) is 30.3 Å². The van der Waals surface area contributed by atoms with Crippen LogP contribution in [0.2, 0.25) is 0 Å². The van der Waals surface area contributed by atoms with Gasteiger partial charge < -0.3 is 15.1 Å². The molecule has 1 fully saturated rings. The van der Waals surface area contributed by atoms with E-state index in [0.717, 1.165) is 22.5 Å². The number of carbonyl (C=O) groups excluding carboxylic acids is 1. The van der Waals surface area contributed by atoms with E-state index in [1.165, 1.54) is 18.2 Å². The first-order valence-electron chi connectivity index (χ1n) is 11.4. The molecule has 7 nitrogen and oxygen atoms in total. The molecule has 5 rings (SSSR count). The van der Waals surface area contributed by atoms with E-state index < -0.39 is 4.92 Å². The average molecular weight is 461 g/mol. The molecule has 0 radical (unpaired) electrons. The largest absolute Gasteiger partial charge is 0.368 e. The van der Waals surface area contributed by atoms with Crippen molar-refractivity contribution in [1.29, 1.82) is 0 Å². The quantitative estimate of drug-likeness (QED) is 0.461. The number of amides is 1. The number of carbonyl (C=O) groups is 1. The summed E-state index contributed by atoms with van der Waals surface area (Å²) >= 11 is 0. The standard InChI is InChI=1S/C26H25FN4O3/c27-20-6-8-21(9-7-20)29-12-13-30-24-11-10-22(31(33)34)14-19(24)15-23(25(30)17-29)26(32)28-16-18-4-2-1-3-5-18/h1-11,14,23,25H,12-13,15-17H2,(H,28,32). The maximum absolute atomic E-state index is 13.4. The maximum atomic E-state index is 13.4. The SMILES string of the molecule is O=C(NCc1ccccc1)C1Cc2cc([N+](=O)[O-])ccc2N2CCN(c3ccc(F)cc3)CC12. The van der Waals surface area contributed by atoms with Crippen LogP contribution in [0.5, 0.6) is 0 Å². The third-order valence-electron chi connectivity index (χ3n) is 6.74. The molecule has 0 aromatic heterocycles. The van der Waals surface area contributed by atoms with Crippen LogP contribution < -0.4 is 15.1 Å². The van der Waals surface area contributed by atoms with Gasteiger partial charge in [0.1, 0.15) is 5.82 Å². The minimum atomic E-state index is -0.399. The minimum Gasteiger partial charge on any atom is -0.368 e. The van der Waals surface area contributed by atoms with Crippen LogP contribution in [-0.4, -0.2) is 36.5 Å². The number of hydrogen-bond acceptors (Lipinski definition) is 5. The van der Waals surface area contributed by atoms with Gasteiger partial charge in [0.15, 0.2) is 0 Å². The molecule has 1 N–H and O–H groups in total. The normalized spacial score (nSPS) is 19.2. The molecule has 0 saturated carbocycles. The van der Waals surface area contributed by atoms with Crippen LogP contribution in [0.4, 0.5) is 21.5 Å². The maximum Gasteiger partial charge on any atom is 0.269 e. The number of piperazine rings is 1. The Morgan fingerprint density at radius 3 is 2.56 bits per heavy atom. The van der Waals surface area contributed by atoms with Gasteiger partial charge in [-0.3, -0.25) is 14.9 Å². The van der Waals surface area contributed by atoms with E-state index in [9.17, 15) is 19.3 Å². The summed E-state index contributed by atoms with van der Waals surface area (Å²) < 4.78 is 13.4. The Balaban J connectivity index is 1.43. The Hall–Kier alpha value is -3.94. The van der Waals surface area contributed by atoms with Crippen molar-refractivity contribution in [3.8, 4) is 0 Å². The Morgan fingerprint density at radius 2 is 1.82 bits per heavy atom. The van der Waals surface area contributed by atoms with Crippen molar-refractivity contribution in [2.75, 3.05) is 29.4 Å². The molecule has 1 amide bonds. The van der Waals surface area contributed by atoms with Gasteiger partial charge in [-0.2, -0.15) is 0 Å². The predicted molar refractivity (Wildman–Crippen MR) is 128 cm³/mol. The summed E-state index contributed by atoms with van der Waals surface area (Å²) in [6.45, 7) is 2.39. The summed E-state index contributed by atoms with van der Waals surface area (Å²) in [6, 6.07) is 20.9. The molecular formula is C26H25FN4O3. The number of fused-ring (bicyclic) bond motifs is 3. The van der Waals surface area contributed by atoms with Gasteiger partial charge in [0.25, 0.3) is 5.69 Å². The first-order valence-corrected chi connectivity index (χ1v) is 11.4. The third kappa shape index (κ3) is 4.31. The molecule has 2 heterocycles. The predicted octanol–water partition coefficient (Wildman–Crippen LogP) is 3.92. The molecule has 0 aliphatic carbocycles. The van der Waals surface area contributed by atoms with E-state index >= 15 is 0 Å². The van der Waals surface area contributed by atoms with Crippen LogP contribution in [0.1, 0.15) is 11.1 Å². The fraction of sp³-hybridized carbons (Fsp3) is 0.269. The molecule has 8 heteroatoms. The zero-order valence-corrected chi connectivity index (χ0v) is 18.6. The second kappa shape index (κ2) is 9.13. The van der Waals surface area contributed by atoms with Gasteiger partial charge in [-0.05, 0) is 47.9 Å². The Labute approximate surface area is 197 Å². The van der Waals surface area contributed by atoms with Crippen molar-refractivity contribution in [2.24, 2.45) is 5.92 Å². The lowest BCUT2D eigenvalue weighted by Gasteiger charge is -2.49. The van der Waals surface area contributed by atoms with Crippen LogP contribution in [0, 0.1) is 21.8 Å². The summed E-state index contributed by atoms with van der Waals surface area (Å²) in [7, 11) is 0. The number of non-ortho nitro benzene ring substituents is 1. The van der Waals surface area contributed by atoms with Crippen molar-refractivity contribution in [1.82, 2.24) is 5.32 Å². The highest BCUT2D eigenvalue weighted by atomic mass is 19.1. The monoisotopic (exact) mass is 460 g/mol. The fourth-order valence-electron chi connectivity index (χ4n) is 5.03. The van der Waals surface area contributed by atoms with E-state index in [0.29, 0.717) is 32.6 Å². The lowest BCUT2D eigenvalue weighted by molar-refractivity contribution is -0.384. The summed E-state index contributed by atoms with van der Waals surface area (Å²) in [4.78, 5) is 28.7. The number of rotatable bonds is 5. The third-order valence-corrected chi connectivity index (χ3v) is 6.74. The zero-order valence-electron chi connectivity index (χ0n) is 18.6. The number of hydrogen-bond donors (Lipinski definition) is 1. The van der Waals surface area contributed by atoms with Crippen molar-refractivity contribution >= 4 is 23.0 Å². The van der Waals surface area contributed by atoms with Crippen LogP contribution in [-0.2, 0) is 17.8 Å². The van der Waals surface area contributed by atoms with Gasteiger partial charge >= 0.3 is 0 Å². The van der Waals surface area contributed by atoms with Crippen LogP contribution in [0.15, 0.2) is 72.8 Å². The number of anilines is 2. The number of benzene rings is 3. The molecule has 2 aliphatic heterocycles. The molecule has 2 atom stereocenters. The van der Waals surface area contributed by atoms with Crippen molar-refractivity contribution in [3.63, 3.8) is 0 Å². The lowest BCUT2D eigenvalue weighted by Crippen LogP contribution is -2.61. The van der Waals surface area contributed by atoms with Gasteiger partial charge in [-0.15, -0.1) is 0 Å². The fourth-order valence-corrected chi connectivity index (χ4v) is 5.03. The van der Waals surface area contributed by atoms with Crippen LogP contribution in [0.3, 0.4) is 0 Å². The highest BCUT2D eigenvalue weighted by Crippen LogP contribution is 2.38. The number of nitrogens with one attached hydrogen (secondary N) is 1. The smallest absolute Gasteiger partial charge is 0.269 e. The highest BCUT2D eigenvalue weighted by molar-refractivity contribution is 5.82. The van der Waals surface area contributed by atoms with Crippen molar-refractivity contribution in [2.45, 2.75) is 19.0 Å². The molecule has 0 bridgehead atoms. The average Bonchev–Trinajstić information content (AvgIpc) is 2.87. The van der Waals surface area contributed by atoms with Gasteiger partial charge in [0.05, 0.1) is 16.9 Å². The molecule has 3 aromatic rings. The van der Waals surface area contributed by atoms with E-state index in [2.05, 4.69) is 15.1 Å². The Morgan fingerprint density at radius 1 is 1.06 bits per heavy atom. The molecule has 0 spiro atoms. The van der Waals surface area contributed by atoms with Crippen molar-refractivity contribution in [3.05, 3.63) is 99.9 Å². The number of nitrogens with zero attached hydrogens (tertiary/aromatic N) is 3. The van der Waals surface area contributed by atoms with Crippen LogP contribution >= 0.6 is 0 Å². The first-order chi connectivity index (χ1) is 16.5. The summed E-state index contributed by atoms with van der Waals surface area (Å²) in [5.74, 6) is -0.729. The molecule has 1 saturated heterocycles. The lowest BCUT2D eigenvalue weighted by atomic mass is 9.83. The van der Waals surface area contributed by atoms with Crippen LogP contribution in [0.25, 0.3) is 0 Å². The summed E-state index contributed by atoms with van der Waals surface area (Å²) in [6.07, 6.45) is 0.427. The van der Waals surface area contributed by atoms with E-state index in [-0.39, 0.29) is 29.4 Å². The number of nitro groups is 1. The van der Waals surface area contributed by atoms with Crippen molar-refractivity contribution < 1.29 is 14.1 Å². The van der Waals surface area contributed by atoms with Gasteiger partial charge in [-0.25, -0.2) is 4.39 Å². The molecule has 3 aromatic carbocycles. The first kappa shape index (κ1) is 21.9. The van der Waals surface area contributed by atoms with E-state index in [1.54, 1.807) is 24.3 Å². The molecule has 2 aliphatic rings. The second-order valence-electron chi connectivity index (χ2n) is 8.77. The highest BCUT2D eigenvalue weighted by Gasteiger charge is 2.42. The van der Waals surface area contributed by atoms with Gasteiger partial charge in [-0.1, -0.05) is 30.3 Å². The molecular weight excluding hydrogens is 435 g/mol.